The zero-order chi connectivity index (χ0) is 13.5. The first kappa shape index (κ1) is 15.0. The summed E-state index contributed by atoms with van der Waals surface area (Å²) in [6.45, 7) is 2.46. The maximum absolute atomic E-state index is 13.1. The van der Waals surface area contributed by atoms with Crippen LogP contribution >= 0.6 is 11.8 Å². The minimum Gasteiger partial charge on any atom is -0.395 e. The molecule has 0 aliphatic heterocycles. The van der Waals surface area contributed by atoms with Crippen LogP contribution in [-0.2, 0) is 6.54 Å². The van der Waals surface area contributed by atoms with Crippen molar-refractivity contribution in [2.75, 3.05) is 12.9 Å². The number of benzene rings is 1. The predicted molar refractivity (Wildman–Crippen MR) is 71.8 cm³/mol. The standard InChI is InChI=1S/C13H17FN2OS/c1-9(13(8-17)18-2)16-7-11-5-12(14)4-3-10(11)6-15/h3-5,9,13,16-17H,7-8H2,1-2H3. The van der Waals surface area contributed by atoms with Crippen LogP contribution in [0.3, 0.4) is 0 Å². The third-order valence-electron chi connectivity index (χ3n) is 2.84. The SMILES string of the molecule is CSC(CO)C(C)NCc1cc(F)ccc1C#N. The number of thioether (sulfide) groups is 1. The molecule has 1 aromatic rings. The lowest BCUT2D eigenvalue weighted by molar-refractivity contribution is 0.276. The molecule has 3 nitrogen and oxygen atoms in total. The maximum Gasteiger partial charge on any atom is 0.123 e. The van der Waals surface area contributed by atoms with Gasteiger partial charge in [-0.3, -0.25) is 0 Å². The van der Waals surface area contributed by atoms with Gasteiger partial charge in [0.25, 0.3) is 0 Å². The first-order chi connectivity index (χ1) is 8.62. The van der Waals surface area contributed by atoms with E-state index >= 15 is 0 Å². The largest absolute Gasteiger partial charge is 0.395 e. The van der Waals surface area contributed by atoms with Gasteiger partial charge < -0.3 is 10.4 Å². The molecule has 0 aliphatic rings. The van der Waals surface area contributed by atoms with Gasteiger partial charge in [-0.25, -0.2) is 4.39 Å². The molecule has 2 atom stereocenters. The van der Waals surface area contributed by atoms with Crippen molar-refractivity contribution in [3.63, 3.8) is 0 Å². The Kier molecular flexibility index (Phi) is 6.13. The molecule has 0 fully saturated rings. The smallest absolute Gasteiger partial charge is 0.123 e. The minimum atomic E-state index is -0.345. The number of nitriles is 1. The van der Waals surface area contributed by atoms with Gasteiger partial charge in [0.05, 0.1) is 18.2 Å². The van der Waals surface area contributed by atoms with E-state index < -0.39 is 0 Å². The molecule has 1 aromatic carbocycles. The Hall–Kier alpha value is -1.09. The van der Waals surface area contributed by atoms with Crippen molar-refractivity contribution in [2.45, 2.75) is 24.8 Å². The van der Waals surface area contributed by atoms with E-state index in [9.17, 15) is 4.39 Å². The second-order valence-corrected chi connectivity index (χ2v) is 5.12. The van der Waals surface area contributed by atoms with E-state index in [-0.39, 0.29) is 23.7 Å². The first-order valence-corrected chi connectivity index (χ1v) is 6.96. The summed E-state index contributed by atoms with van der Waals surface area (Å²) in [7, 11) is 0. The van der Waals surface area contributed by atoms with Gasteiger partial charge >= 0.3 is 0 Å². The van der Waals surface area contributed by atoms with Crippen molar-refractivity contribution >= 4 is 11.8 Å². The van der Waals surface area contributed by atoms with Gasteiger partial charge in [0.15, 0.2) is 0 Å². The number of halogens is 1. The van der Waals surface area contributed by atoms with Crippen LogP contribution in [-0.4, -0.2) is 29.3 Å². The van der Waals surface area contributed by atoms with Crippen LogP contribution in [0.5, 0.6) is 0 Å². The zero-order valence-electron chi connectivity index (χ0n) is 10.5. The number of hydrogen-bond donors (Lipinski definition) is 2. The summed E-state index contributed by atoms with van der Waals surface area (Å²) in [6, 6.07) is 6.25. The molecule has 1 rings (SSSR count). The molecule has 0 saturated heterocycles. The average Bonchev–Trinajstić information content (AvgIpc) is 2.38. The highest BCUT2D eigenvalue weighted by Gasteiger charge is 2.15. The van der Waals surface area contributed by atoms with Gasteiger partial charge in [-0.15, -0.1) is 0 Å². The zero-order valence-corrected chi connectivity index (χ0v) is 11.3. The van der Waals surface area contributed by atoms with Gasteiger partial charge in [0.2, 0.25) is 0 Å². The van der Waals surface area contributed by atoms with Crippen LogP contribution in [0.2, 0.25) is 0 Å². The number of nitrogens with one attached hydrogen (secondary N) is 1. The molecule has 18 heavy (non-hydrogen) atoms. The maximum atomic E-state index is 13.1. The Morgan fingerprint density at radius 1 is 1.56 bits per heavy atom. The topological polar surface area (TPSA) is 56.0 Å². The van der Waals surface area contributed by atoms with Crippen molar-refractivity contribution in [1.29, 1.82) is 5.26 Å². The summed E-state index contributed by atoms with van der Waals surface area (Å²) in [5, 5.41) is 21.4. The molecule has 0 amide bonds. The summed E-state index contributed by atoms with van der Waals surface area (Å²) >= 11 is 1.57. The second-order valence-electron chi connectivity index (χ2n) is 4.04. The monoisotopic (exact) mass is 268 g/mol. The van der Waals surface area contributed by atoms with Crippen LogP contribution < -0.4 is 5.32 Å². The Labute approximate surface area is 111 Å². The Balaban J connectivity index is 2.68. The summed E-state index contributed by atoms with van der Waals surface area (Å²) in [4.78, 5) is 0. The van der Waals surface area contributed by atoms with Crippen molar-refractivity contribution < 1.29 is 9.50 Å². The highest BCUT2D eigenvalue weighted by Crippen LogP contribution is 2.13. The summed E-state index contributed by atoms with van der Waals surface area (Å²) in [6.07, 6.45) is 1.93. The average molecular weight is 268 g/mol. The first-order valence-electron chi connectivity index (χ1n) is 5.68. The third-order valence-corrected chi connectivity index (χ3v) is 4.01. The lowest BCUT2D eigenvalue weighted by Gasteiger charge is -2.21. The van der Waals surface area contributed by atoms with E-state index in [4.69, 9.17) is 10.4 Å². The second kappa shape index (κ2) is 7.37. The number of nitrogens with zero attached hydrogens (tertiary/aromatic N) is 1. The Morgan fingerprint density at radius 3 is 2.83 bits per heavy atom. The number of hydrogen-bond acceptors (Lipinski definition) is 4. The summed E-state index contributed by atoms with van der Waals surface area (Å²) in [5.41, 5.74) is 1.11. The van der Waals surface area contributed by atoms with Crippen LogP contribution in [0.1, 0.15) is 18.1 Å². The van der Waals surface area contributed by atoms with Crippen LogP contribution in [0.15, 0.2) is 18.2 Å². The molecule has 0 saturated carbocycles. The lowest BCUT2D eigenvalue weighted by atomic mass is 10.1. The normalized spacial score (nSPS) is 13.9. The molecule has 2 unspecified atom stereocenters. The fraction of sp³-hybridized carbons (Fsp3) is 0.462. The molecule has 0 aromatic heterocycles. The fourth-order valence-corrected chi connectivity index (χ4v) is 2.31. The van der Waals surface area contributed by atoms with Crippen molar-refractivity contribution in [2.24, 2.45) is 0 Å². The number of aliphatic hydroxyl groups is 1. The molecule has 0 radical (unpaired) electrons. The molecular formula is C13H17FN2OS. The van der Waals surface area contributed by atoms with Crippen molar-refractivity contribution in [1.82, 2.24) is 5.32 Å². The van der Waals surface area contributed by atoms with Crippen molar-refractivity contribution in [3.8, 4) is 6.07 Å². The van der Waals surface area contributed by atoms with Crippen LogP contribution in [0.4, 0.5) is 4.39 Å². The summed E-state index contributed by atoms with van der Waals surface area (Å²) in [5.74, 6) is -0.345. The van der Waals surface area contributed by atoms with Gasteiger partial charge in [-0.2, -0.15) is 17.0 Å². The third kappa shape index (κ3) is 3.98. The molecule has 2 N–H and O–H groups in total. The molecule has 5 heteroatoms. The van der Waals surface area contributed by atoms with E-state index in [0.29, 0.717) is 17.7 Å². The van der Waals surface area contributed by atoms with E-state index in [1.807, 2.05) is 19.2 Å². The fourth-order valence-electron chi connectivity index (χ4n) is 1.66. The number of aliphatic hydroxyl groups excluding tert-OH is 1. The van der Waals surface area contributed by atoms with E-state index in [1.54, 1.807) is 11.8 Å². The number of rotatable bonds is 6. The summed E-state index contributed by atoms with van der Waals surface area (Å²) < 4.78 is 13.1. The molecule has 0 heterocycles. The highest BCUT2D eigenvalue weighted by molar-refractivity contribution is 7.99. The quantitative estimate of drug-likeness (QED) is 0.827. The molecule has 0 aliphatic carbocycles. The lowest BCUT2D eigenvalue weighted by Crippen LogP contribution is -2.37. The molecule has 0 spiro atoms. The molecule has 98 valence electrons. The van der Waals surface area contributed by atoms with Crippen LogP contribution in [0.25, 0.3) is 0 Å². The van der Waals surface area contributed by atoms with E-state index in [0.717, 1.165) is 0 Å². The van der Waals surface area contributed by atoms with Gasteiger partial charge in [-0.05, 0) is 36.9 Å². The highest BCUT2D eigenvalue weighted by atomic mass is 32.2. The van der Waals surface area contributed by atoms with Crippen LogP contribution in [0, 0.1) is 17.1 Å². The molecular weight excluding hydrogens is 251 g/mol. The van der Waals surface area contributed by atoms with Gasteiger partial charge in [0.1, 0.15) is 5.82 Å². The predicted octanol–water partition coefficient (Wildman–Crippen LogP) is 1.90. The van der Waals surface area contributed by atoms with Crippen molar-refractivity contribution in [3.05, 3.63) is 35.1 Å². The van der Waals surface area contributed by atoms with Gasteiger partial charge in [-0.1, -0.05) is 0 Å². The Bertz CT molecular complexity index is 429. The van der Waals surface area contributed by atoms with Gasteiger partial charge in [0, 0.05) is 17.8 Å². The minimum absolute atomic E-state index is 0.0832. The van der Waals surface area contributed by atoms with E-state index in [2.05, 4.69) is 5.32 Å². The van der Waals surface area contributed by atoms with E-state index in [1.165, 1.54) is 18.2 Å². The Morgan fingerprint density at radius 2 is 2.28 bits per heavy atom. The molecule has 0 bridgehead atoms.